The summed E-state index contributed by atoms with van der Waals surface area (Å²) in [6, 6.07) is -0.459. The number of anilines is 1. The number of nitrogens with zero attached hydrogens (tertiary/aromatic N) is 2. The topological polar surface area (TPSA) is 112 Å². The third-order valence-electron chi connectivity index (χ3n) is 3.38. The smallest absolute Gasteiger partial charge is 0.320 e. The molecule has 4 N–H and O–H groups in total. The molecule has 0 aliphatic heterocycles. The number of aromatic nitrogens is 1. The number of carbonyl (C=O) groups excluding carboxylic acids is 1. The highest BCUT2D eigenvalue weighted by Crippen LogP contribution is 2.31. The van der Waals surface area contributed by atoms with Crippen LogP contribution in [0.3, 0.4) is 0 Å². The third kappa shape index (κ3) is 4.89. The van der Waals surface area contributed by atoms with Crippen molar-refractivity contribution in [2.75, 3.05) is 11.9 Å². The molecule has 1 aromatic rings. The quantitative estimate of drug-likeness (QED) is 0.255. The van der Waals surface area contributed by atoms with Crippen LogP contribution in [-0.4, -0.2) is 39.3 Å². The van der Waals surface area contributed by atoms with E-state index in [9.17, 15) is 14.4 Å². The molecular weight excluding hydrogens is 397 g/mol. The Bertz CT molecular complexity index is 714. The van der Waals surface area contributed by atoms with Crippen molar-refractivity contribution in [1.82, 2.24) is 16.0 Å². The lowest BCUT2D eigenvalue weighted by atomic mass is 9.98. The number of hydrogen-bond donors (Lipinski definition) is 4. The first-order valence-corrected chi connectivity index (χ1v) is 8.51. The summed E-state index contributed by atoms with van der Waals surface area (Å²) in [5.74, 6) is 0.0742. The van der Waals surface area contributed by atoms with E-state index < -0.39 is 16.5 Å². The van der Waals surface area contributed by atoms with Crippen molar-refractivity contribution in [3.05, 3.63) is 35.8 Å². The lowest BCUT2D eigenvalue weighted by Gasteiger charge is -2.23. The van der Waals surface area contributed by atoms with Crippen molar-refractivity contribution in [1.29, 1.82) is 0 Å². The molecule has 10 heteroatoms. The summed E-state index contributed by atoms with van der Waals surface area (Å²) in [7, 11) is 0. The predicted molar refractivity (Wildman–Crippen MR) is 94.7 cm³/mol. The van der Waals surface area contributed by atoms with Crippen LogP contribution in [0.2, 0.25) is 0 Å². The second kappa shape index (κ2) is 8.26. The average molecular weight is 416 g/mol. The van der Waals surface area contributed by atoms with E-state index >= 15 is 0 Å². The van der Waals surface area contributed by atoms with Crippen LogP contribution < -0.4 is 16.1 Å². The second-order valence-electron chi connectivity index (χ2n) is 5.51. The summed E-state index contributed by atoms with van der Waals surface area (Å²) in [5.41, 5.74) is 1.06. The normalized spacial score (nSPS) is 23.2. The Kier molecular flexibility index (Phi) is 6.32. The molecule has 0 fully saturated rings. The van der Waals surface area contributed by atoms with Gasteiger partial charge in [-0.15, -0.1) is 0 Å². The van der Waals surface area contributed by atoms with E-state index in [2.05, 4.69) is 36.7 Å². The SMILES string of the molecule is CCCNC(=O)Nc1nocc1C(=NC1=CC(Br)C(C)(F)C=C1)NO. The van der Waals surface area contributed by atoms with Gasteiger partial charge < -0.3 is 9.84 Å². The third-order valence-corrected chi connectivity index (χ3v) is 4.53. The van der Waals surface area contributed by atoms with E-state index in [1.165, 1.54) is 25.3 Å². The number of allylic oxidation sites excluding steroid dienone is 3. The largest absolute Gasteiger partial charge is 0.362 e. The van der Waals surface area contributed by atoms with Crippen molar-refractivity contribution in [3.63, 3.8) is 0 Å². The summed E-state index contributed by atoms with van der Waals surface area (Å²) in [6.45, 7) is 3.86. The molecule has 0 spiro atoms. The number of carbonyl (C=O) groups is 1. The minimum absolute atomic E-state index is 0.00916. The first-order chi connectivity index (χ1) is 11.9. The summed E-state index contributed by atoms with van der Waals surface area (Å²) in [5, 5.41) is 18.2. The molecule has 0 bridgehead atoms. The van der Waals surface area contributed by atoms with Crippen molar-refractivity contribution in [2.24, 2.45) is 4.99 Å². The van der Waals surface area contributed by atoms with Crippen LogP contribution in [0.5, 0.6) is 0 Å². The van der Waals surface area contributed by atoms with Gasteiger partial charge in [0.25, 0.3) is 0 Å². The van der Waals surface area contributed by atoms with Crippen LogP contribution in [0.15, 0.2) is 39.7 Å². The maximum Gasteiger partial charge on any atom is 0.320 e. The van der Waals surface area contributed by atoms with E-state index in [1.807, 2.05) is 12.4 Å². The maximum absolute atomic E-state index is 14.1. The molecule has 1 heterocycles. The Hall–Kier alpha value is -2.20. The Morgan fingerprint density at radius 1 is 1.60 bits per heavy atom. The number of alkyl halides is 2. The number of rotatable bonds is 5. The lowest BCUT2D eigenvalue weighted by Crippen LogP contribution is -2.31. The van der Waals surface area contributed by atoms with Crippen molar-refractivity contribution >= 4 is 33.6 Å². The highest BCUT2D eigenvalue weighted by molar-refractivity contribution is 9.09. The molecule has 0 radical (unpaired) electrons. The highest BCUT2D eigenvalue weighted by Gasteiger charge is 2.31. The molecule has 136 valence electrons. The zero-order valence-corrected chi connectivity index (χ0v) is 15.3. The molecule has 0 aromatic carbocycles. The van der Waals surface area contributed by atoms with Crippen LogP contribution in [0.25, 0.3) is 0 Å². The van der Waals surface area contributed by atoms with Gasteiger partial charge in [0.05, 0.1) is 10.5 Å². The predicted octanol–water partition coefficient (Wildman–Crippen LogP) is 2.88. The Balaban J connectivity index is 2.21. The number of halogens is 2. The molecule has 0 saturated carbocycles. The van der Waals surface area contributed by atoms with Crippen molar-refractivity contribution in [3.8, 4) is 0 Å². The number of amides is 2. The Morgan fingerprint density at radius 2 is 2.36 bits per heavy atom. The Labute approximate surface area is 152 Å². The van der Waals surface area contributed by atoms with Crippen LogP contribution in [0, 0.1) is 0 Å². The van der Waals surface area contributed by atoms with Gasteiger partial charge in [-0.05, 0) is 31.6 Å². The molecule has 2 rings (SSSR count). The molecule has 2 amide bonds. The number of hydrogen-bond acceptors (Lipinski definition) is 5. The molecule has 1 aliphatic carbocycles. The zero-order valence-electron chi connectivity index (χ0n) is 13.7. The van der Waals surface area contributed by atoms with Crippen LogP contribution >= 0.6 is 15.9 Å². The first-order valence-electron chi connectivity index (χ1n) is 7.59. The van der Waals surface area contributed by atoms with Gasteiger partial charge in [0.2, 0.25) is 0 Å². The van der Waals surface area contributed by atoms with Crippen LogP contribution in [0.1, 0.15) is 25.8 Å². The maximum atomic E-state index is 14.1. The number of amidine groups is 1. The molecule has 2 atom stereocenters. The first kappa shape index (κ1) is 19.1. The minimum Gasteiger partial charge on any atom is -0.362 e. The molecule has 1 aromatic heterocycles. The summed E-state index contributed by atoms with van der Waals surface area (Å²) in [6.07, 6.45) is 6.42. The van der Waals surface area contributed by atoms with Crippen LogP contribution in [0.4, 0.5) is 15.0 Å². The summed E-state index contributed by atoms with van der Waals surface area (Å²) >= 11 is 3.23. The van der Waals surface area contributed by atoms with E-state index in [-0.39, 0.29) is 17.2 Å². The van der Waals surface area contributed by atoms with Gasteiger partial charge in [-0.3, -0.25) is 16.0 Å². The number of urea groups is 1. The molecule has 25 heavy (non-hydrogen) atoms. The summed E-state index contributed by atoms with van der Waals surface area (Å²) < 4.78 is 18.9. The fourth-order valence-corrected chi connectivity index (χ4v) is 2.37. The van der Waals surface area contributed by atoms with Gasteiger partial charge in [0.1, 0.15) is 17.5 Å². The fourth-order valence-electron chi connectivity index (χ4n) is 1.94. The van der Waals surface area contributed by atoms with Gasteiger partial charge in [0, 0.05) is 6.54 Å². The van der Waals surface area contributed by atoms with Gasteiger partial charge in [-0.1, -0.05) is 28.0 Å². The second-order valence-corrected chi connectivity index (χ2v) is 6.49. The molecule has 1 aliphatic rings. The zero-order chi connectivity index (χ0) is 18.4. The number of nitrogens with one attached hydrogen (secondary N) is 3. The van der Waals surface area contributed by atoms with Crippen molar-refractivity contribution < 1.29 is 18.9 Å². The highest BCUT2D eigenvalue weighted by atomic mass is 79.9. The number of aliphatic imine (C=N–C) groups is 1. The summed E-state index contributed by atoms with van der Waals surface area (Å²) in [4.78, 5) is 15.4. The van der Waals surface area contributed by atoms with Crippen LogP contribution in [-0.2, 0) is 0 Å². The van der Waals surface area contributed by atoms with E-state index in [1.54, 1.807) is 6.08 Å². The molecule has 8 nitrogen and oxygen atoms in total. The van der Waals surface area contributed by atoms with Gasteiger partial charge in [0.15, 0.2) is 11.7 Å². The molecule has 0 saturated heterocycles. The van der Waals surface area contributed by atoms with Crippen molar-refractivity contribution in [2.45, 2.75) is 30.8 Å². The van der Waals surface area contributed by atoms with E-state index in [4.69, 9.17) is 4.52 Å². The monoisotopic (exact) mass is 415 g/mol. The standard InChI is InChI=1S/C15H19BrFN5O3/c1-3-6-18-14(23)20-13-10(8-25-22-13)12(21-24)19-9-4-5-15(2,17)11(16)7-9/h4-5,7-8,11,24H,3,6H2,1-2H3,(H,19,21)(H2,18,20,22,23). The minimum atomic E-state index is -1.53. The number of hydroxylamine groups is 1. The van der Waals surface area contributed by atoms with Gasteiger partial charge in [-0.2, -0.15) is 0 Å². The molecule has 2 unspecified atom stereocenters. The average Bonchev–Trinajstić information content (AvgIpc) is 3.02. The van der Waals surface area contributed by atoms with Gasteiger partial charge >= 0.3 is 6.03 Å². The van der Waals surface area contributed by atoms with Gasteiger partial charge in [-0.25, -0.2) is 14.2 Å². The van der Waals surface area contributed by atoms with E-state index in [0.717, 1.165) is 6.42 Å². The van der Waals surface area contributed by atoms with E-state index in [0.29, 0.717) is 12.2 Å². The fraction of sp³-hybridized carbons (Fsp3) is 0.400. The molecular formula is C15H19BrFN5O3. The lowest BCUT2D eigenvalue weighted by molar-refractivity contribution is 0.235. The Morgan fingerprint density at radius 3 is 3.00 bits per heavy atom.